The number of thiol groups is 1. The van der Waals surface area contributed by atoms with Gasteiger partial charge in [0, 0.05) is 25.7 Å². The molecule has 0 aromatic heterocycles. The third kappa shape index (κ3) is 4.14. The van der Waals surface area contributed by atoms with Crippen LogP contribution in [0.3, 0.4) is 0 Å². The largest absolute Gasteiger partial charge is 0.352 e. The standard InChI is InChI=1S/C12H16N2S2.ClH/c15-12(16)14-7-6-13-9-11(14)8-10-4-2-1-3-5-10;/h1-5,11,13H,6-9H2,(H,15,16);1H. The molecule has 1 N–H and O–H groups in total. The van der Waals surface area contributed by atoms with E-state index < -0.39 is 0 Å². The summed E-state index contributed by atoms with van der Waals surface area (Å²) in [6.07, 6.45) is 1.02. The first kappa shape index (κ1) is 14.8. The van der Waals surface area contributed by atoms with Crippen LogP contribution < -0.4 is 5.32 Å². The van der Waals surface area contributed by atoms with Gasteiger partial charge in [0.1, 0.15) is 4.32 Å². The molecule has 94 valence electrons. The van der Waals surface area contributed by atoms with E-state index >= 15 is 0 Å². The molecule has 0 aliphatic carbocycles. The van der Waals surface area contributed by atoms with Crippen molar-refractivity contribution in [3.63, 3.8) is 0 Å². The molecule has 2 rings (SSSR count). The second-order valence-corrected chi connectivity index (χ2v) is 5.14. The van der Waals surface area contributed by atoms with Crippen LogP contribution in [0.1, 0.15) is 5.56 Å². The monoisotopic (exact) mass is 288 g/mol. The van der Waals surface area contributed by atoms with Crippen molar-refractivity contribution in [3.8, 4) is 0 Å². The van der Waals surface area contributed by atoms with Crippen LogP contribution in [0.2, 0.25) is 0 Å². The average Bonchev–Trinajstić information content (AvgIpc) is 2.31. The van der Waals surface area contributed by atoms with E-state index in [0.717, 1.165) is 26.1 Å². The van der Waals surface area contributed by atoms with Crippen LogP contribution in [0.25, 0.3) is 0 Å². The lowest BCUT2D eigenvalue weighted by molar-refractivity contribution is 0.264. The van der Waals surface area contributed by atoms with Gasteiger partial charge >= 0.3 is 0 Å². The van der Waals surface area contributed by atoms with Crippen molar-refractivity contribution >= 4 is 41.6 Å². The third-order valence-corrected chi connectivity index (χ3v) is 3.40. The van der Waals surface area contributed by atoms with Crippen molar-refractivity contribution < 1.29 is 0 Å². The van der Waals surface area contributed by atoms with E-state index in [1.165, 1.54) is 5.56 Å². The summed E-state index contributed by atoms with van der Waals surface area (Å²) in [5.74, 6) is 0. The summed E-state index contributed by atoms with van der Waals surface area (Å²) < 4.78 is 0.711. The van der Waals surface area contributed by atoms with E-state index in [1.807, 2.05) is 6.07 Å². The van der Waals surface area contributed by atoms with Crippen molar-refractivity contribution in [1.82, 2.24) is 10.2 Å². The molecular formula is C12H17ClN2S2. The Morgan fingerprint density at radius 2 is 2.12 bits per heavy atom. The topological polar surface area (TPSA) is 15.3 Å². The van der Waals surface area contributed by atoms with Crippen LogP contribution in [-0.4, -0.2) is 34.9 Å². The van der Waals surface area contributed by atoms with Crippen LogP contribution in [0.5, 0.6) is 0 Å². The van der Waals surface area contributed by atoms with Crippen molar-refractivity contribution in [1.29, 1.82) is 0 Å². The van der Waals surface area contributed by atoms with Gasteiger partial charge in [0.15, 0.2) is 0 Å². The number of rotatable bonds is 2. The molecule has 1 aliphatic heterocycles. The maximum Gasteiger partial charge on any atom is 0.133 e. The number of benzene rings is 1. The zero-order valence-electron chi connectivity index (χ0n) is 9.50. The van der Waals surface area contributed by atoms with Gasteiger partial charge in [0.25, 0.3) is 0 Å². The minimum atomic E-state index is 0. The van der Waals surface area contributed by atoms with Crippen molar-refractivity contribution in [3.05, 3.63) is 35.9 Å². The van der Waals surface area contributed by atoms with Crippen molar-refractivity contribution in [2.75, 3.05) is 19.6 Å². The number of nitrogens with zero attached hydrogens (tertiary/aromatic N) is 1. The highest BCUT2D eigenvalue weighted by Crippen LogP contribution is 2.13. The Labute approximate surface area is 120 Å². The summed E-state index contributed by atoms with van der Waals surface area (Å²) in [7, 11) is 0. The number of thiocarbonyl (C=S) groups is 1. The number of hydrogen-bond acceptors (Lipinski definition) is 2. The van der Waals surface area contributed by atoms with Gasteiger partial charge in [0.2, 0.25) is 0 Å². The molecule has 0 bridgehead atoms. The van der Waals surface area contributed by atoms with E-state index in [0.29, 0.717) is 10.4 Å². The highest BCUT2D eigenvalue weighted by Gasteiger charge is 2.22. The molecule has 1 aliphatic rings. The fourth-order valence-corrected chi connectivity index (χ4v) is 2.58. The summed E-state index contributed by atoms with van der Waals surface area (Å²) >= 11 is 9.47. The maximum atomic E-state index is 5.17. The second-order valence-electron chi connectivity index (χ2n) is 4.02. The summed E-state index contributed by atoms with van der Waals surface area (Å²) in [5.41, 5.74) is 1.35. The second kappa shape index (κ2) is 7.21. The van der Waals surface area contributed by atoms with Crippen LogP contribution in [-0.2, 0) is 6.42 Å². The van der Waals surface area contributed by atoms with Crippen molar-refractivity contribution in [2.45, 2.75) is 12.5 Å². The normalized spacial score (nSPS) is 19.6. The Morgan fingerprint density at radius 1 is 1.41 bits per heavy atom. The molecule has 0 radical (unpaired) electrons. The van der Waals surface area contributed by atoms with Crippen LogP contribution >= 0.6 is 37.3 Å². The SMILES string of the molecule is Cl.S=C(S)N1CCNCC1Cc1ccccc1. The van der Waals surface area contributed by atoms with E-state index in [-0.39, 0.29) is 12.4 Å². The molecule has 0 amide bonds. The van der Waals surface area contributed by atoms with E-state index in [9.17, 15) is 0 Å². The van der Waals surface area contributed by atoms with Gasteiger partial charge in [-0.25, -0.2) is 0 Å². The minimum Gasteiger partial charge on any atom is -0.352 e. The first-order valence-corrected chi connectivity index (χ1v) is 6.37. The molecule has 17 heavy (non-hydrogen) atoms. The molecule has 1 saturated heterocycles. The quantitative estimate of drug-likeness (QED) is 0.641. The fourth-order valence-electron chi connectivity index (χ4n) is 2.08. The molecule has 1 heterocycles. The van der Waals surface area contributed by atoms with Gasteiger partial charge in [0.05, 0.1) is 0 Å². The molecular weight excluding hydrogens is 272 g/mol. The summed E-state index contributed by atoms with van der Waals surface area (Å²) in [4.78, 5) is 2.21. The fraction of sp³-hybridized carbons (Fsp3) is 0.417. The van der Waals surface area contributed by atoms with Gasteiger partial charge in [-0.05, 0) is 12.0 Å². The van der Waals surface area contributed by atoms with Crippen LogP contribution in [0.4, 0.5) is 0 Å². The number of hydrogen-bond donors (Lipinski definition) is 2. The summed E-state index contributed by atoms with van der Waals surface area (Å²) in [5, 5.41) is 3.40. The highest BCUT2D eigenvalue weighted by molar-refractivity contribution is 8.10. The summed E-state index contributed by atoms with van der Waals surface area (Å²) in [6.45, 7) is 2.93. The predicted octanol–water partition coefficient (Wildman–Crippen LogP) is 2.14. The Balaban J connectivity index is 0.00000144. The Morgan fingerprint density at radius 3 is 2.76 bits per heavy atom. The molecule has 1 fully saturated rings. The smallest absolute Gasteiger partial charge is 0.133 e. The third-order valence-electron chi connectivity index (χ3n) is 2.91. The number of piperazine rings is 1. The molecule has 1 aromatic rings. The Kier molecular flexibility index (Phi) is 6.27. The zero-order chi connectivity index (χ0) is 11.4. The van der Waals surface area contributed by atoms with Crippen LogP contribution in [0.15, 0.2) is 30.3 Å². The minimum absolute atomic E-state index is 0. The average molecular weight is 289 g/mol. The van der Waals surface area contributed by atoms with E-state index in [2.05, 4.69) is 47.1 Å². The Bertz CT molecular complexity index is 359. The lowest BCUT2D eigenvalue weighted by Crippen LogP contribution is -2.53. The number of halogens is 1. The van der Waals surface area contributed by atoms with E-state index in [1.54, 1.807) is 0 Å². The maximum absolute atomic E-state index is 5.17. The summed E-state index contributed by atoms with van der Waals surface area (Å²) in [6, 6.07) is 11.0. The number of nitrogens with one attached hydrogen (secondary N) is 1. The van der Waals surface area contributed by atoms with Gasteiger partial charge in [-0.1, -0.05) is 42.5 Å². The first-order valence-electron chi connectivity index (χ1n) is 5.51. The molecule has 5 heteroatoms. The molecule has 1 unspecified atom stereocenters. The predicted molar refractivity (Wildman–Crippen MR) is 82.3 cm³/mol. The van der Waals surface area contributed by atoms with Gasteiger partial charge in [-0.15, -0.1) is 25.0 Å². The molecule has 0 spiro atoms. The molecule has 2 nitrogen and oxygen atoms in total. The molecule has 1 aromatic carbocycles. The lowest BCUT2D eigenvalue weighted by Gasteiger charge is -2.36. The lowest BCUT2D eigenvalue weighted by atomic mass is 10.0. The first-order chi connectivity index (χ1) is 7.77. The zero-order valence-corrected chi connectivity index (χ0v) is 12.0. The Hall–Kier alpha value is -0.290. The highest BCUT2D eigenvalue weighted by atomic mass is 35.5. The molecule has 1 atom stereocenters. The van der Waals surface area contributed by atoms with Gasteiger partial charge < -0.3 is 10.2 Å². The van der Waals surface area contributed by atoms with Gasteiger partial charge in [-0.2, -0.15) is 0 Å². The molecule has 0 saturated carbocycles. The van der Waals surface area contributed by atoms with Gasteiger partial charge in [-0.3, -0.25) is 0 Å². The van der Waals surface area contributed by atoms with Crippen molar-refractivity contribution in [2.24, 2.45) is 0 Å². The van der Waals surface area contributed by atoms with E-state index in [4.69, 9.17) is 12.2 Å². The van der Waals surface area contributed by atoms with Crippen LogP contribution in [0, 0.1) is 0 Å².